The van der Waals surface area contributed by atoms with Gasteiger partial charge in [-0.15, -0.1) is 0 Å². The van der Waals surface area contributed by atoms with Gasteiger partial charge in [0.05, 0.1) is 0 Å². The number of carbonyl (C=O) groups is 1. The molecule has 0 saturated carbocycles. The Bertz CT molecular complexity index is 352. The Kier molecular flexibility index (Phi) is 4.13. The van der Waals surface area contributed by atoms with Crippen molar-refractivity contribution in [3.8, 4) is 0 Å². The Morgan fingerprint density at radius 3 is 2.71 bits per heavy atom. The summed E-state index contributed by atoms with van der Waals surface area (Å²) in [5.41, 5.74) is 2.34. The molecule has 0 atom stereocenters. The van der Waals surface area contributed by atoms with Crippen LogP contribution in [0.4, 0.5) is 4.79 Å². The zero-order chi connectivity index (χ0) is 10.7. The molecule has 0 saturated heterocycles. The van der Waals surface area contributed by atoms with Crippen molar-refractivity contribution >= 4 is 36.7 Å². The number of benzene rings is 1. The number of nitrogens with zero attached hydrogens (tertiary/aromatic N) is 1. The van der Waals surface area contributed by atoms with E-state index in [1.54, 1.807) is 11.9 Å². The van der Waals surface area contributed by atoms with Gasteiger partial charge in [0.1, 0.15) is 0 Å². The van der Waals surface area contributed by atoms with Crippen LogP contribution in [-0.2, 0) is 6.54 Å². The molecule has 0 aromatic heterocycles. The van der Waals surface area contributed by atoms with Crippen molar-refractivity contribution in [1.82, 2.24) is 4.90 Å². The van der Waals surface area contributed by atoms with E-state index < -0.39 is 0 Å². The van der Waals surface area contributed by atoms with Crippen LogP contribution in [0.3, 0.4) is 0 Å². The van der Waals surface area contributed by atoms with E-state index in [2.05, 4.69) is 31.9 Å². The number of amides is 1. The lowest BCUT2D eigenvalue weighted by molar-refractivity contribution is 0.233. The number of rotatable bonds is 2. The van der Waals surface area contributed by atoms with E-state index in [1.165, 1.54) is 5.56 Å². The molecule has 0 unspecified atom stereocenters. The fourth-order valence-electron chi connectivity index (χ4n) is 1.13. The second kappa shape index (κ2) is 4.94. The summed E-state index contributed by atoms with van der Waals surface area (Å²) in [5.74, 6) is 0. The van der Waals surface area contributed by atoms with Crippen molar-refractivity contribution in [2.75, 3.05) is 7.05 Å². The molecular formula is C10H11Br2NO. The van der Waals surface area contributed by atoms with Crippen LogP contribution < -0.4 is 0 Å². The van der Waals surface area contributed by atoms with E-state index >= 15 is 0 Å². The Balaban J connectivity index is 2.85. The first-order valence-corrected chi connectivity index (χ1v) is 5.75. The van der Waals surface area contributed by atoms with E-state index in [4.69, 9.17) is 0 Å². The molecule has 2 nitrogen and oxygen atoms in total. The van der Waals surface area contributed by atoms with Gasteiger partial charge in [0.2, 0.25) is 0 Å². The van der Waals surface area contributed by atoms with Crippen molar-refractivity contribution in [2.45, 2.75) is 13.5 Å². The molecule has 4 heteroatoms. The zero-order valence-electron chi connectivity index (χ0n) is 8.05. The molecule has 0 spiro atoms. The lowest BCUT2D eigenvalue weighted by atomic mass is 10.1. The van der Waals surface area contributed by atoms with Crippen molar-refractivity contribution in [3.05, 3.63) is 33.8 Å². The first-order chi connectivity index (χ1) is 6.50. The molecule has 1 rings (SSSR count). The Labute approximate surface area is 101 Å². The molecular weight excluding hydrogens is 310 g/mol. The lowest BCUT2D eigenvalue weighted by Gasteiger charge is -2.15. The summed E-state index contributed by atoms with van der Waals surface area (Å²) in [5, 5.41) is 0. The maximum absolute atomic E-state index is 11.0. The monoisotopic (exact) mass is 319 g/mol. The fourth-order valence-corrected chi connectivity index (χ4v) is 1.66. The minimum absolute atomic E-state index is 0.100. The standard InChI is InChI=1S/C10H11Br2NO/c1-7-3-4-9(11)5-8(7)6-13(2)10(12)14/h3-5H,6H2,1-2H3. The molecule has 0 fully saturated rings. The molecule has 14 heavy (non-hydrogen) atoms. The highest BCUT2D eigenvalue weighted by Crippen LogP contribution is 2.17. The van der Waals surface area contributed by atoms with Crippen LogP contribution in [0, 0.1) is 6.92 Å². The quantitative estimate of drug-likeness (QED) is 0.601. The van der Waals surface area contributed by atoms with Crippen LogP contribution in [-0.4, -0.2) is 16.8 Å². The van der Waals surface area contributed by atoms with Gasteiger partial charge in [-0.3, -0.25) is 4.79 Å². The maximum atomic E-state index is 11.0. The van der Waals surface area contributed by atoms with Gasteiger partial charge >= 0.3 is 0 Å². The van der Waals surface area contributed by atoms with Gasteiger partial charge in [-0.05, 0) is 30.2 Å². The van der Waals surface area contributed by atoms with Crippen molar-refractivity contribution in [3.63, 3.8) is 0 Å². The van der Waals surface area contributed by atoms with Gasteiger partial charge in [-0.1, -0.05) is 22.0 Å². The Hall–Kier alpha value is -0.350. The molecule has 1 amide bonds. The van der Waals surface area contributed by atoms with Crippen LogP contribution in [0.15, 0.2) is 22.7 Å². The summed E-state index contributed by atoms with van der Waals surface area (Å²) in [6, 6.07) is 6.06. The third-order valence-corrected chi connectivity index (χ3v) is 3.12. The van der Waals surface area contributed by atoms with E-state index in [-0.39, 0.29) is 4.82 Å². The molecule has 0 heterocycles. The summed E-state index contributed by atoms with van der Waals surface area (Å²) >= 11 is 6.32. The summed E-state index contributed by atoms with van der Waals surface area (Å²) in [7, 11) is 1.76. The Morgan fingerprint density at radius 2 is 2.14 bits per heavy atom. The van der Waals surface area contributed by atoms with Gasteiger partial charge < -0.3 is 4.90 Å². The highest BCUT2D eigenvalue weighted by molar-refractivity contribution is 9.18. The molecule has 76 valence electrons. The molecule has 0 bridgehead atoms. The molecule has 1 aromatic rings. The van der Waals surface area contributed by atoms with Crippen LogP contribution in [0.5, 0.6) is 0 Å². The SMILES string of the molecule is Cc1ccc(Br)cc1CN(C)C(=O)Br. The molecule has 1 aromatic carbocycles. The van der Waals surface area contributed by atoms with Crippen molar-refractivity contribution in [2.24, 2.45) is 0 Å². The summed E-state index contributed by atoms with van der Waals surface area (Å²) in [4.78, 5) is 12.5. The number of hydrogen-bond acceptors (Lipinski definition) is 1. The topological polar surface area (TPSA) is 20.3 Å². The van der Waals surface area contributed by atoms with Crippen LogP contribution in [0.1, 0.15) is 11.1 Å². The highest BCUT2D eigenvalue weighted by Gasteiger charge is 2.06. The number of carbonyl (C=O) groups excluding carboxylic acids is 1. The van der Waals surface area contributed by atoms with Gasteiger partial charge in [0.25, 0.3) is 4.82 Å². The molecule has 0 aliphatic heterocycles. The van der Waals surface area contributed by atoms with Crippen molar-refractivity contribution in [1.29, 1.82) is 0 Å². The average Bonchev–Trinajstić information content (AvgIpc) is 2.11. The van der Waals surface area contributed by atoms with E-state index in [1.807, 2.05) is 25.1 Å². The predicted molar refractivity (Wildman–Crippen MR) is 64.7 cm³/mol. The number of aryl methyl sites for hydroxylation is 1. The van der Waals surface area contributed by atoms with Gasteiger partial charge in [-0.25, -0.2) is 0 Å². The Morgan fingerprint density at radius 1 is 1.50 bits per heavy atom. The summed E-state index contributed by atoms with van der Waals surface area (Å²) in [6.07, 6.45) is 0. The molecule has 0 N–H and O–H groups in total. The smallest absolute Gasteiger partial charge is 0.289 e. The average molecular weight is 321 g/mol. The van der Waals surface area contributed by atoms with E-state index in [0.29, 0.717) is 6.54 Å². The third kappa shape index (κ3) is 3.10. The third-order valence-electron chi connectivity index (χ3n) is 2.02. The van der Waals surface area contributed by atoms with E-state index in [0.717, 1.165) is 10.0 Å². The second-order valence-corrected chi connectivity index (χ2v) is 4.77. The van der Waals surface area contributed by atoms with E-state index in [9.17, 15) is 4.79 Å². The van der Waals surface area contributed by atoms with Crippen LogP contribution in [0.2, 0.25) is 0 Å². The predicted octanol–water partition coefficient (Wildman–Crippen LogP) is 3.70. The first-order valence-electron chi connectivity index (χ1n) is 4.16. The van der Waals surface area contributed by atoms with Crippen LogP contribution >= 0.6 is 31.9 Å². The molecule has 0 aliphatic carbocycles. The molecule has 0 aliphatic rings. The minimum atomic E-state index is -0.100. The lowest BCUT2D eigenvalue weighted by Crippen LogP contribution is -2.20. The fraction of sp³-hybridized carbons (Fsp3) is 0.300. The van der Waals surface area contributed by atoms with Gasteiger partial charge in [0.15, 0.2) is 0 Å². The number of halogens is 2. The zero-order valence-corrected chi connectivity index (χ0v) is 11.2. The van der Waals surface area contributed by atoms with Crippen molar-refractivity contribution < 1.29 is 4.79 Å². The number of hydrogen-bond donors (Lipinski definition) is 0. The normalized spacial score (nSPS) is 10.0. The second-order valence-electron chi connectivity index (χ2n) is 3.18. The van der Waals surface area contributed by atoms with Gasteiger partial charge in [-0.2, -0.15) is 0 Å². The minimum Gasteiger partial charge on any atom is -0.332 e. The first kappa shape index (κ1) is 11.7. The van der Waals surface area contributed by atoms with Gasteiger partial charge in [0, 0.05) is 34.0 Å². The largest absolute Gasteiger partial charge is 0.332 e. The van der Waals surface area contributed by atoms with Crippen LogP contribution in [0.25, 0.3) is 0 Å². The summed E-state index contributed by atoms with van der Waals surface area (Å²) in [6.45, 7) is 2.66. The maximum Gasteiger partial charge on any atom is 0.289 e. The molecule has 0 radical (unpaired) electrons. The summed E-state index contributed by atoms with van der Waals surface area (Å²) < 4.78 is 1.04. The highest BCUT2D eigenvalue weighted by atomic mass is 79.9.